The quantitative estimate of drug-likeness (QED) is 0.0261. The largest absolute Gasteiger partial charge is 0.462 e. The Morgan fingerprint density at radius 3 is 0.829 bits per heavy atom. The number of carbonyl (C=O) groups is 3. The Kier molecular flexibility index (Phi) is 58.9. The predicted molar refractivity (Wildman–Crippen MR) is 329 cm³/mol. The van der Waals surface area contributed by atoms with Crippen LogP contribution in [0.3, 0.4) is 0 Å². The van der Waals surface area contributed by atoms with Gasteiger partial charge in [-0.25, -0.2) is 0 Å². The summed E-state index contributed by atoms with van der Waals surface area (Å²) in [5.41, 5.74) is 0. The van der Waals surface area contributed by atoms with Gasteiger partial charge in [-0.05, 0) is 122 Å². The van der Waals surface area contributed by atoms with Crippen LogP contribution >= 0.6 is 0 Å². The van der Waals surface area contributed by atoms with Crippen molar-refractivity contribution in [3.63, 3.8) is 0 Å². The number of unbranched alkanes of at least 4 members (excludes halogenated alkanes) is 19. The molecule has 0 aromatic carbocycles. The van der Waals surface area contributed by atoms with Gasteiger partial charge in [-0.1, -0.05) is 263 Å². The van der Waals surface area contributed by atoms with E-state index in [1.54, 1.807) is 0 Å². The average Bonchev–Trinajstić information content (AvgIpc) is 3.42. The van der Waals surface area contributed by atoms with E-state index in [2.05, 4.69) is 167 Å². The summed E-state index contributed by atoms with van der Waals surface area (Å²) < 4.78 is 16.8. The fourth-order valence-corrected chi connectivity index (χ4v) is 8.04. The molecule has 0 aliphatic carbocycles. The summed E-state index contributed by atoms with van der Waals surface area (Å²) in [6, 6.07) is 0. The normalized spacial score (nSPS) is 13.1. The van der Waals surface area contributed by atoms with Crippen LogP contribution in [0.15, 0.2) is 146 Å². The SMILES string of the molecule is CC/C=C\C/C=C\C/C=C\C/C=C\C/C=C\C/C=C\C/C=C\C/C=C\CCCCC(=O)OCC(COC(=O)CCCCCCCCCCCCCCCC)OC(=O)CCCCCC/C=C\C/C=C\C/C=C\C/C=C\CC. The smallest absolute Gasteiger partial charge is 0.306 e. The molecule has 0 rings (SSSR count). The summed E-state index contributed by atoms with van der Waals surface area (Å²) in [5, 5.41) is 0. The molecule has 0 aromatic heterocycles. The van der Waals surface area contributed by atoms with Crippen molar-refractivity contribution in [3.8, 4) is 0 Å². The first kappa shape index (κ1) is 71.3. The summed E-state index contributed by atoms with van der Waals surface area (Å²) in [4.78, 5) is 38.2. The summed E-state index contributed by atoms with van der Waals surface area (Å²) in [6.45, 7) is 6.36. The van der Waals surface area contributed by atoms with E-state index in [1.807, 2.05) is 0 Å². The number of hydrogen-bond donors (Lipinski definition) is 0. The first-order valence-corrected chi connectivity index (χ1v) is 30.8. The highest BCUT2D eigenvalue weighted by Gasteiger charge is 2.19. The molecule has 0 bridgehead atoms. The number of rotatable bonds is 54. The number of ether oxygens (including phenoxy) is 3. The summed E-state index contributed by atoms with van der Waals surface area (Å²) in [5.74, 6) is -0.976. The maximum absolute atomic E-state index is 12.9. The first-order valence-electron chi connectivity index (χ1n) is 30.8. The number of hydrogen-bond acceptors (Lipinski definition) is 6. The molecule has 0 aliphatic rings. The van der Waals surface area contributed by atoms with Crippen LogP contribution in [0.1, 0.15) is 258 Å². The molecule has 76 heavy (non-hydrogen) atoms. The van der Waals surface area contributed by atoms with E-state index in [1.165, 1.54) is 70.6 Å². The highest BCUT2D eigenvalue weighted by atomic mass is 16.6. The van der Waals surface area contributed by atoms with Gasteiger partial charge in [-0.15, -0.1) is 0 Å². The van der Waals surface area contributed by atoms with E-state index in [0.717, 1.165) is 141 Å². The van der Waals surface area contributed by atoms with E-state index in [9.17, 15) is 14.4 Å². The molecule has 0 saturated heterocycles. The molecule has 6 heteroatoms. The number of allylic oxidation sites excluding steroid dienone is 24. The van der Waals surface area contributed by atoms with Crippen LogP contribution in [0.2, 0.25) is 0 Å². The van der Waals surface area contributed by atoms with Crippen LogP contribution in [-0.4, -0.2) is 37.2 Å². The highest BCUT2D eigenvalue weighted by molar-refractivity contribution is 5.71. The molecule has 0 N–H and O–H groups in total. The second-order valence-electron chi connectivity index (χ2n) is 19.9. The van der Waals surface area contributed by atoms with Crippen molar-refractivity contribution in [2.24, 2.45) is 0 Å². The second-order valence-corrected chi connectivity index (χ2v) is 19.9. The topological polar surface area (TPSA) is 78.9 Å². The van der Waals surface area contributed by atoms with Crippen molar-refractivity contribution in [1.82, 2.24) is 0 Å². The fourth-order valence-electron chi connectivity index (χ4n) is 8.04. The minimum atomic E-state index is -0.815. The molecule has 1 unspecified atom stereocenters. The van der Waals surface area contributed by atoms with Crippen molar-refractivity contribution >= 4 is 17.9 Å². The van der Waals surface area contributed by atoms with Gasteiger partial charge in [0.05, 0.1) is 0 Å². The molecule has 428 valence electrons. The average molecular weight is 1050 g/mol. The third-order valence-corrected chi connectivity index (χ3v) is 12.6. The van der Waals surface area contributed by atoms with Gasteiger partial charge in [0.25, 0.3) is 0 Å². The van der Waals surface area contributed by atoms with Gasteiger partial charge in [0, 0.05) is 19.3 Å². The molecular formula is C70H112O6. The van der Waals surface area contributed by atoms with E-state index < -0.39 is 6.10 Å². The molecule has 0 radical (unpaired) electrons. The maximum atomic E-state index is 12.9. The highest BCUT2D eigenvalue weighted by Crippen LogP contribution is 2.15. The van der Waals surface area contributed by atoms with E-state index in [0.29, 0.717) is 19.3 Å². The molecule has 0 heterocycles. The third kappa shape index (κ3) is 60.2. The van der Waals surface area contributed by atoms with Gasteiger partial charge < -0.3 is 14.2 Å². The van der Waals surface area contributed by atoms with Crippen molar-refractivity contribution in [3.05, 3.63) is 146 Å². The Morgan fingerprint density at radius 1 is 0.276 bits per heavy atom. The van der Waals surface area contributed by atoms with Gasteiger partial charge in [0.15, 0.2) is 6.10 Å². The first-order chi connectivity index (χ1) is 37.5. The van der Waals surface area contributed by atoms with Crippen molar-refractivity contribution in [1.29, 1.82) is 0 Å². The maximum Gasteiger partial charge on any atom is 0.306 e. The minimum Gasteiger partial charge on any atom is -0.462 e. The van der Waals surface area contributed by atoms with Crippen LogP contribution < -0.4 is 0 Å². The van der Waals surface area contributed by atoms with Gasteiger partial charge >= 0.3 is 17.9 Å². The van der Waals surface area contributed by atoms with Gasteiger partial charge in [-0.3, -0.25) is 14.4 Å². The Morgan fingerprint density at radius 2 is 0.513 bits per heavy atom. The molecule has 6 nitrogen and oxygen atoms in total. The number of esters is 3. The lowest BCUT2D eigenvalue weighted by molar-refractivity contribution is -0.167. The molecular weight excluding hydrogens is 937 g/mol. The molecule has 0 aromatic rings. The zero-order valence-electron chi connectivity index (χ0n) is 49.0. The zero-order chi connectivity index (χ0) is 55.0. The summed E-state index contributed by atoms with van der Waals surface area (Å²) in [7, 11) is 0. The lowest BCUT2D eigenvalue weighted by Crippen LogP contribution is -2.30. The van der Waals surface area contributed by atoms with Crippen molar-refractivity contribution in [2.75, 3.05) is 13.2 Å². The Bertz CT molecular complexity index is 1680. The monoisotopic (exact) mass is 1050 g/mol. The Balaban J connectivity index is 4.48. The molecule has 0 saturated carbocycles. The van der Waals surface area contributed by atoms with Gasteiger partial charge in [0.1, 0.15) is 13.2 Å². The molecule has 0 fully saturated rings. The second kappa shape index (κ2) is 62.8. The van der Waals surface area contributed by atoms with Crippen LogP contribution in [0.25, 0.3) is 0 Å². The minimum absolute atomic E-state index is 0.105. The molecule has 0 aliphatic heterocycles. The van der Waals surface area contributed by atoms with E-state index in [4.69, 9.17) is 14.2 Å². The lowest BCUT2D eigenvalue weighted by atomic mass is 10.0. The standard InChI is InChI=1S/C70H112O6/c1-4-7-10-13-16-19-22-25-28-30-31-32-33-34-35-36-37-38-39-41-42-45-48-51-54-57-60-63-69(72)75-66-67(65-74-68(71)62-59-56-53-50-47-44-27-24-21-18-15-12-9-6-3)76-70(73)64-61-58-55-52-49-46-43-40-29-26-23-20-17-14-11-8-5-2/h7-8,10-11,16-17,19-20,25-26,28-29,31-32,34-35,37-38,41-43,46,48,51,67H,4-6,9,12-15,18,21-24,27,30,33,36,39-40,44-45,47,49-50,52-66H2,1-3H3/b10-7-,11-8-,19-16-,20-17-,28-25-,29-26-,32-31-,35-34-,38-37-,42-41-,46-43-,51-48-. The van der Waals surface area contributed by atoms with Crippen LogP contribution in [0, 0.1) is 0 Å². The Hall–Kier alpha value is -4.71. The molecule has 1 atom stereocenters. The van der Waals surface area contributed by atoms with Crippen molar-refractivity contribution < 1.29 is 28.6 Å². The summed E-state index contributed by atoms with van der Waals surface area (Å²) in [6.07, 6.45) is 89.9. The third-order valence-electron chi connectivity index (χ3n) is 12.6. The van der Waals surface area contributed by atoms with Gasteiger partial charge in [-0.2, -0.15) is 0 Å². The van der Waals surface area contributed by atoms with Crippen LogP contribution in [-0.2, 0) is 28.6 Å². The van der Waals surface area contributed by atoms with Crippen LogP contribution in [0.4, 0.5) is 0 Å². The predicted octanol–water partition coefficient (Wildman–Crippen LogP) is 21.2. The van der Waals surface area contributed by atoms with E-state index in [-0.39, 0.29) is 37.5 Å². The van der Waals surface area contributed by atoms with Gasteiger partial charge in [0.2, 0.25) is 0 Å². The molecule has 0 spiro atoms. The molecule has 0 amide bonds. The Labute approximate surface area is 467 Å². The lowest BCUT2D eigenvalue weighted by Gasteiger charge is -2.18. The van der Waals surface area contributed by atoms with E-state index >= 15 is 0 Å². The summed E-state index contributed by atoms with van der Waals surface area (Å²) >= 11 is 0. The van der Waals surface area contributed by atoms with Crippen molar-refractivity contribution in [2.45, 2.75) is 264 Å². The zero-order valence-corrected chi connectivity index (χ0v) is 49.0. The number of carbonyl (C=O) groups excluding carboxylic acids is 3. The fraction of sp³-hybridized carbons (Fsp3) is 0.614. The van der Waals surface area contributed by atoms with Crippen LogP contribution in [0.5, 0.6) is 0 Å².